The summed E-state index contributed by atoms with van der Waals surface area (Å²) in [5, 5.41) is 4.80. The molecule has 7 heteroatoms. The predicted octanol–water partition coefficient (Wildman–Crippen LogP) is 4.47. The molecule has 1 heterocycles. The van der Waals surface area contributed by atoms with Crippen molar-refractivity contribution in [2.75, 3.05) is 7.11 Å². The van der Waals surface area contributed by atoms with Crippen molar-refractivity contribution in [3.8, 4) is 0 Å². The van der Waals surface area contributed by atoms with Gasteiger partial charge in [-0.3, -0.25) is 4.79 Å². The number of aromatic nitrogens is 1. The van der Waals surface area contributed by atoms with E-state index in [9.17, 15) is 9.18 Å². The fourth-order valence-corrected chi connectivity index (χ4v) is 2.41. The Balaban J connectivity index is 2.00. The second-order valence-electron chi connectivity index (χ2n) is 5.05. The summed E-state index contributed by atoms with van der Waals surface area (Å²) in [5.41, 5.74) is 2.00. The third-order valence-electron chi connectivity index (χ3n) is 3.28. The van der Waals surface area contributed by atoms with E-state index in [4.69, 9.17) is 28.0 Å². The summed E-state index contributed by atoms with van der Waals surface area (Å²) in [6, 6.07) is 7.88. The first-order valence-corrected chi connectivity index (χ1v) is 7.92. The molecule has 4 nitrogen and oxygen atoms in total. The van der Waals surface area contributed by atoms with Crippen LogP contribution in [-0.2, 0) is 16.1 Å². The molecular weight excluding hydrogens is 354 g/mol. The Morgan fingerprint density at radius 2 is 2.00 bits per heavy atom. The van der Waals surface area contributed by atoms with Gasteiger partial charge in [0.1, 0.15) is 12.9 Å². The Hall–Kier alpha value is -1.98. The van der Waals surface area contributed by atoms with Crippen LogP contribution in [0.3, 0.4) is 0 Å². The Kier molecular flexibility index (Phi) is 6.70. The number of halogens is 3. The van der Waals surface area contributed by atoms with E-state index in [1.165, 1.54) is 19.4 Å². The summed E-state index contributed by atoms with van der Waals surface area (Å²) in [6.45, 7) is 0. The molecule has 0 atom stereocenters. The Labute approximate surface area is 149 Å². The maximum Gasteiger partial charge on any atom is 0.212 e. The number of carbonyl (C=O) groups excluding carboxylic acids is 1. The molecule has 0 fully saturated rings. The van der Waals surface area contributed by atoms with Crippen LogP contribution in [0.15, 0.2) is 41.7 Å². The molecule has 126 valence electrons. The molecule has 2 rings (SSSR count). The van der Waals surface area contributed by atoms with Crippen molar-refractivity contribution < 1.29 is 14.0 Å². The summed E-state index contributed by atoms with van der Waals surface area (Å²) in [6.07, 6.45) is 2.20. The van der Waals surface area contributed by atoms with Crippen molar-refractivity contribution in [2.24, 2.45) is 5.16 Å². The van der Waals surface area contributed by atoms with Gasteiger partial charge in [0.25, 0.3) is 0 Å². The molecular formula is C17H15Cl2FN2O2. The van der Waals surface area contributed by atoms with Gasteiger partial charge in [0.15, 0.2) is 0 Å². The van der Waals surface area contributed by atoms with Gasteiger partial charge in [0.2, 0.25) is 5.95 Å². The van der Waals surface area contributed by atoms with Gasteiger partial charge in [-0.05, 0) is 23.8 Å². The van der Waals surface area contributed by atoms with E-state index in [1.54, 1.807) is 24.3 Å². The largest absolute Gasteiger partial charge is 0.399 e. The number of hydrogen-bond acceptors (Lipinski definition) is 4. The SMILES string of the molecule is CO/N=C(\CCC(=O)Cc1ccc(F)nc1)c1ccc(Cl)c(Cl)c1. The summed E-state index contributed by atoms with van der Waals surface area (Å²) < 4.78 is 12.8. The van der Waals surface area contributed by atoms with Gasteiger partial charge < -0.3 is 4.84 Å². The van der Waals surface area contributed by atoms with Crippen molar-refractivity contribution in [3.63, 3.8) is 0 Å². The smallest absolute Gasteiger partial charge is 0.212 e. The van der Waals surface area contributed by atoms with Crippen LogP contribution in [0.5, 0.6) is 0 Å². The van der Waals surface area contributed by atoms with E-state index in [0.29, 0.717) is 27.7 Å². The zero-order chi connectivity index (χ0) is 17.5. The minimum atomic E-state index is -0.569. The standard InChI is InChI=1S/C17H15Cl2FN2O2/c1-24-22-16(12-3-5-14(18)15(19)9-12)6-4-13(23)8-11-2-7-17(20)21-10-11/h2-3,5,7,9-10H,4,6,8H2,1H3/b22-16+. The lowest BCUT2D eigenvalue weighted by molar-refractivity contribution is -0.118. The van der Waals surface area contributed by atoms with Gasteiger partial charge in [0, 0.05) is 31.0 Å². The molecule has 2 aromatic rings. The molecule has 0 aliphatic rings. The summed E-state index contributed by atoms with van der Waals surface area (Å²) >= 11 is 11.9. The van der Waals surface area contributed by atoms with Crippen molar-refractivity contribution in [3.05, 3.63) is 63.6 Å². The third kappa shape index (κ3) is 5.28. The molecule has 0 N–H and O–H groups in total. The van der Waals surface area contributed by atoms with Crippen LogP contribution in [0.25, 0.3) is 0 Å². The van der Waals surface area contributed by atoms with E-state index >= 15 is 0 Å². The van der Waals surface area contributed by atoms with Gasteiger partial charge in [-0.2, -0.15) is 4.39 Å². The molecule has 1 aromatic carbocycles. The average molecular weight is 369 g/mol. The number of oxime groups is 1. The molecule has 0 radical (unpaired) electrons. The highest BCUT2D eigenvalue weighted by Gasteiger charge is 2.11. The van der Waals surface area contributed by atoms with Crippen molar-refractivity contribution in [1.82, 2.24) is 4.98 Å². The van der Waals surface area contributed by atoms with E-state index < -0.39 is 5.95 Å². The first-order valence-electron chi connectivity index (χ1n) is 7.17. The number of ketones is 1. The van der Waals surface area contributed by atoms with Crippen molar-refractivity contribution in [2.45, 2.75) is 19.3 Å². The second-order valence-corrected chi connectivity index (χ2v) is 5.87. The van der Waals surface area contributed by atoms with Crippen LogP contribution in [0.2, 0.25) is 10.0 Å². The normalized spacial score (nSPS) is 11.4. The lowest BCUT2D eigenvalue weighted by atomic mass is 10.0. The average Bonchev–Trinajstić information content (AvgIpc) is 2.56. The predicted molar refractivity (Wildman–Crippen MR) is 92.1 cm³/mol. The fraction of sp³-hybridized carbons (Fsp3) is 0.235. The maximum absolute atomic E-state index is 12.8. The first-order chi connectivity index (χ1) is 11.5. The number of carbonyl (C=O) groups is 1. The number of hydrogen-bond donors (Lipinski definition) is 0. The van der Waals surface area contributed by atoms with Gasteiger partial charge in [-0.25, -0.2) is 4.98 Å². The number of Topliss-reactive ketones (excluding diaryl/α,β-unsaturated/α-hetero) is 1. The van der Waals surface area contributed by atoms with E-state index in [1.807, 2.05) is 0 Å². The molecule has 1 aromatic heterocycles. The van der Waals surface area contributed by atoms with Gasteiger partial charge >= 0.3 is 0 Å². The zero-order valence-electron chi connectivity index (χ0n) is 12.9. The minimum Gasteiger partial charge on any atom is -0.399 e. The molecule has 0 saturated heterocycles. The monoisotopic (exact) mass is 368 g/mol. The van der Waals surface area contributed by atoms with Crippen LogP contribution >= 0.6 is 23.2 Å². The highest BCUT2D eigenvalue weighted by atomic mass is 35.5. The number of benzene rings is 1. The van der Waals surface area contributed by atoms with Crippen LogP contribution in [0, 0.1) is 5.95 Å². The quantitative estimate of drug-likeness (QED) is 0.411. The van der Waals surface area contributed by atoms with E-state index in [0.717, 1.165) is 5.56 Å². The van der Waals surface area contributed by atoms with Gasteiger partial charge in [-0.15, -0.1) is 0 Å². The van der Waals surface area contributed by atoms with Crippen LogP contribution in [-0.4, -0.2) is 23.6 Å². The van der Waals surface area contributed by atoms with E-state index in [-0.39, 0.29) is 18.6 Å². The molecule has 0 saturated carbocycles. The third-order valence-corrected chi connectivity index (χ3v) is 4.02. The highest BCUT2D eigenvalue weighted by Crippen LogP contribution is 2.23. The summed E-state index contributed by atoms with van der Waals surface area (Å²) in [5.74, 6) is -0.576. The molecule has 0 spiro atoms. The van der Waals surface area contributed by atoms with Crippen LogP contribution in [0.4, 0.5) is 4.39 Å². The Morgan fingerprint density at radius 3 is 2.62 bits per heavy atom. The second kappa shape index (κ2) is 8.76. The Bertz CT molecular complexity index is 749. The van der Waals surface area contributed by atoms with Crippen LogP contribution < -0.4 is 0 Å². The van der Waals surface area contributed by atoms with Gasteiger partial charge in [0.05, 0.1) is 15.8 Å². The summed E-state index contributed by atoms with van der Waals surface area (Å²) in [4.78, 5) is 20.5. The number of rotatable bonds is 7. The number of nitrogens with zero attached hydrogens (tertiary/aromatic N) is 2. The lowest BCUT2D eigenvalue weighted by Gasteiger charge is -2.07. The summed E-state index contributed by atoms with van der Waals surface area (Å²) in [7, 11) is 1.43. The first kappa shape index (κ1) is 18.4. The maximum atomic E-state index is 12.8. The zero-order valence-corrected chi connectivity index (χ0v) is 14.4. The molecule has 0 aliphatic carbocycles. The van der Waals surface area contributed by atoms with Crippen molar-refractivity contribution >= 4 is 34.7 Å². The molecule has 24 heavy (non-hydrogen) atoms. The Morgan fingerprint density at radius 1 is 1.21 bits per heavy atom. The molecule has 0 bridgehead atoms. The molecule has 0 aliphatic heterocycles. The topological polar surface area (TPSA) is 51.5 Å². The molecule has 0 unspecified atom stereocenters. The van der Waals surface area contributed by atoms with Crippen molar-refractivity contribution in [1.29, 1.82) is 0 Å². The number of pyridine rings is 1. The lowest BCUT2D eigenvalue weighted by Crippen LogP contribution is -2.09. The highest BCUT2D eigenvalue weighted by molar-refractivity contribution is 6.42. The molecule has 0 amide bonds. The van der Waals surface area contributed by atoms with Crippen LogP contribution in [0.1, 0.15) is 24.0 Å². The van der Waals surface area contributed by atoms with Gasteiger partial charge in [-0.1, -0.05) is 40.5 Å². The fourth-order valence-electron chi connectivity index (χ4n) is 2.11. The minimum absolute atomic E-state index is 0.00716. The van der Waals surface area contributed by atoms with E-state index in [2.05, 4.69) is 10.1 Å².